The highest BCUT2D eigenvalue weighted by atomic mass is 79.9. The van der Waals surface area contributed by atoms with Crippen LogP contribution in [-0.4, -0.2) is 24.5 Å². The first kappa shape index (κ1) is 16.6. The van der Waals surface area contributed by atoms with Crippen LogP contribution in [0.5, 0.6) is 0 Å². The molecular weight excluding hydrogens is 329 g/mol. The fourth-order valence-electron chi connectivity index (χ4n) is 1.62. The Morgan fingerprint density at radius 2 is 2.00 bits per heavy atom. The number of ether oxygens (including phenoxy) is 1. The van der Waals surface area contributed by atoms with Gasteiger partial charge in [-0.2, -0.15) is 0 Å². The molecule has 0 fully saturated rings. The van der Waals surface area contributed by atoms with Crippen molar-refractivity contribution >= 4 is 27.8 Å². The molecule has 0 radical (unpaired) electrons. The lowest BCUT2D eigenvalue weighted by atomic mass is 10.2. The average molecular weight is 346 g/mol. The molecule has 0 bridgehead atoms. The van der Waals surface area contributed by atoms with Crippen molar-refractivity contribution in [1.29, 1.82) is 0 Å². The van der Waals surface area contributed by atoms with Crippen LogP contribution in [0.25, 0.3) is 0 Å². The Balaban J connectivity index is 2.55. The van der Waals surface area contributed by atoms with E-state index in [0.29, 0.717) is 4.47 Å². The summed E-state index contributed by atoms with van der Waals surface area (Å²) >= 11 is 3.14. The van der Waals surface area contributed by atoms with E-state index in [0.717, 1.165) is 18.9 Å². The molecule has 0 atom stereocenters. The lowest BCUT2D eigenvalue weighted by Gasteiger charge is -2.14. The van der Waals surface area contributed by atoms with Crippen molar-refractivity contribution < 1.29 is 18.7 Å². The van der Waals surface area contributed by atoms with Crippen molar-refractivity contribution in [3.05, 3.63) is 34.1 Å². The molecule has 0 aliphatic rings. The zero-order valence-electron chi connectivity index (χ0n) is 11.4. The van der Waals surface area contributed by atoms with Crippen molar-refractivity contribution in [3.63, 3.8) is 0 Å². The van der Waals surface area contributed by atoms with Crippen molar-refractivity contribution in [1.82, 2.24) is 5.32 Å². The summed E-state index contributed by atoms with van der Waals surface area (Å²) in [6, 6.07) is 4.01. The van der Waals surface area contributed by atoms with Gasteiger partial charge in [-0.1, -0.05) is 29.8 Å². The molecule has 0 aliphatic carbocycles. The van der Waals surface area contributed by atoms with Crippen LogP contribution in [0.4, 0.5) is 4.39 Å². The summed E-state index contributed by atoms with van der Waals surface area (Å²) in [6.07, 6.45) is 1.60. The van der Waals surface area contributed by atoms with E-state index in [1.54, 1.807) is 0 Å². The lowest BCUT2D eigenvalue weighted by molar-refractivity contribution is -0.125. The average Bonchev–Trinajstić information content (AvgIpc) is 2.44. The number of carbonyl (C=O) groups is 2. The van der Waals surface area contributed by atoms with Crippen molar-refractivity contribution in [3.8, 4) is 0 Å². The number of halogens is 2. The number of hydrogen-bond acceptors (Lipinski definition) is 3. The summed E-state index contributed by atoms with van der Waals surface area (Å²) in [6.45, 7) is 3.50. The number of esters is 1. The number of nitrogens with one attached hydrogen (secondary N) is 1. The van der Waals surface area contributed by atoms with E-state index in [1.807, 2.05) is 13.8 Å². The zero-order valence-corrected chi connectivity index (χ0v) is 13.0. The third-order valence-electron chi connectivity index (χ3n) is 2.83. The second-order valence-electron chi connectivity index (χ2n) is 4.28. The van der Waals surface area contributed by atoms with Gasteiger partial charge in [-0.15, -0.1) is 0 Å². The van der Waals surface area contributed by atoms with E-state index in [1.165, 1.54) is 12.1 Å². The van der Waals surface area contributed by atoms with E-state index < -0.39 is 18.4 Å². The Hall–Kier alpha value is -1.43. The van der Waals surface area contributed by atoms with Gasteiger partial charge in [-0.3, -0.25) is 4.79 Å². The second-order valence-corrected chi connectivity index (χ2v) is 5.20. The van der Waals surface area contributed by atoms with Crippen LogP contribution >= 0.6 is 15.9 Å². The SMILES string of the molecule is CCC(CC)NC(=O)COC(=O)c1cc(Br)ccc1F. The summed E-state index contributed by atoms with van der Waals surface area (Å²) < 4.78 is 18.8. The summed E-state index contributed by atoms with van der Waals surface area (Å²) in [5, 5.41) is 2.73. The maximum atomic E-state index is 13.4. The number of hydrogen-bond donors (Lipinski definition) is 1. The van der Waals surface area contributed by atoms with Crippen LogP contribution < -0.4 is 5.32 Å². The lowest BCUT2D eigenvalue weighted by Crippen LogP contribution is -2.36. The van der Waals surface area contributed by atoms with Crippen LogP contribution in [-0.2, 0) is 9.53 Å². The molecule has 1 aromatic carbocycles. The molecule has 0 aromatic heterocycles. The van der Waals surface area contributed by atoms with Gasteiger partial charge in [0.1, 0.15) is 5.82 Å². The number of carbonyl (C=O) groups excluding carboxylic acids is 2. The minimum Gasteiger partial charge on any atom is -0.452 e. The van der Waals surface area contributed by atoms with Crippen LogP contribution in [0.2, 0.25) is 0 Å². The van der Waals surface area contributed by atoms with E-state index >= 15 is 0 Å². The molecule has 20 heavy (non-hydrogen) atoms. The molecule has 1 rings (SSSR count). The fourth-order valence-corrected chi connectivity index (χ4v) is 1.99. The predicted molar refractivity (Wildman–Crippen MR) is 76.9 cm³/mol. The third-order valence-corrected chi connectivity index (χ3v) is 3.33. The normalized spacial score (nSPS) is 10.4. The Morgan fingerprint density at radius 3 is 2.60 bits per heavy atom. The first-order valence-electron chi connectivity index (χ1n) is 6.39. The molecule has 1 amide bonds. The van der Waals surface area contributed by atoms with Gasteiger partial charge in [-0.05, 0) is 31.0 Å². The van der Waals surface area contributed by atoms with Crippen molar-refractivity contribution in [2.24, 2.45) is 0 Å². The highest BCUT2D eigenvalue weighted by Crippen LogP contribution is 2.16. The van der Waals surface area contributed by atoms with Crippen LogP contribution in [0.3, 0.4) is 0 Å². The minimum absolute atomic E-state index is 0.0591. The molecule has 1 N–H and O–H groups in total. The molecule has 0 heterocycles. The Bertz CT molecular complexity index is 489. The summed E-state index contributed by atoms with van der Waals surface area (Å²) in [5.74, 6) is -1.93. The molecular formula is C14H17BrFNO3. The van der Waals surface area contributed by atoms with E-state index in [2.05, 4.69) is 21.2 Å². The predicted octanol–water partition coefficient (Wildman–Crippen LogP) is 3.05. The van der Waals surface area contributed by atoms with Crippen LogP contribution in [0, 0.1) is 5.82 Å². The molecule has 6 heteroatoms. The van der Waals surface area contributed by atoms with Crippen LogP contribution in [0.15, 0.2) is 22.7 Å². The maximum Gasteiger partial charge on any atom is 0.341 e. The Morgan fingerprint density at radius 1 is 1.35 bits per heavy atom. The van der Waals surface area contributed by atoms with Gasteiger partial charge in [0.05, 0.1) is 5.56 Å². The topological polar surface area (TPSA) is 55.4 Å². The van der Waals surface area contributed by atoms with Gasteiger partial charge in [0.15, 0.2) is 6.61 Å². The molecule has 0 aliphatic heterocycles. The number of rotatable bonds is 6. The molecule has 110 valence electrons. The second kappa shape index (κ2) is 7.99. The smallest absolute Gasteiger partial charge is 0.341 e. The minimum atomic E-state index is -0.858. The monoisotopic (exact) mass is 345 g/mol. The first-order chi connectivity index (χ1) is 9.47. The molecule has 0 unspecified atom stereocenters. The number of benzene rings is 1. The Kier molecular flexibility index (Phi) is 6.64. The largest absolute Gasteiger partial charge is 0.452 e. The van der Waals surface area contributed by atoms with Gasteiger partial charge in [-0.25, -0.2) is 9.18 Å². The number of amides is 1. The highest BCUT2D eigenvalue weighted by molar-refractivity contribution is 9.10. The molecule has 1 aromatic rings. The molecule has 0 saturated heterocycles. The third kappa shape index (κ3) is 4.92. The molecule has 0 saturated carbocycles. The zero-order chi connectivity index (χ0) is 15.1. The Labute approximate surface area is 125 Å². The summed E-state index contributed by atoms with van der Waals surface area (Å²) in [7, 11) is 0. The van der Waals surface area contributed by atoms with Crippen LogP contribution in [0.1, 0.15) is 37.0 Å². The van der Waals surface area contributed by atoms with Gasteiger partial charge in [0, 0.05) is 10.5 Å². The van der Waals surface area contributed by atoms with E-state index in [-0.39, 0.29) is 17.5 Å². The van der Waals surface area contributed by atoms with E-state index in [9.17, 15) is 14.0 Å². The van der Waals surface area contributed by atoms with Gasteiger partial charge in [0.2, 0.25) is 0 Å². The summed E-state index contributed by atoms with van der Waals surface area (Å²) in [5.41, 5.74) is -0.199. The van der Waals surface area contributed by atoms with Crippen molar-refractivity contribution in [2.45, 2.75) is 32.7 Å². The van der Waals surface area contributed by atoms with Gasteiger partial charge in [0.25, 0.3) is 5.91 Å². The maximum absolute atomic E-state index is 13.4. The molecule has 0 spiro atoms. The molecule has 4 nitrogen and oxygen atoms in total. The van der Waals surface area contributed by atoms with E-state index in [4.69, 9.17) is 4.74 Å². The quantitative estimate of drug-likeness (QED) is 0.806. The fraction of sp³-hybridized carbons (Fsp3) is 0.429. The first-order valence-corrected chi connectivity index (χ1v) is 7.18. The standard InChI is InChI=1S/C14H17BrFNO3/c1-3-10(4-2)17-13(18)8-20-14(19)11-7-9(15)5-6-12(11)16/h5-7,10H,3-4,8H2,1-2H3,(H,17,18). The van der Waals surface area contributed by atoms with Gasteiger partial charge < -0.3 is 10.1 Å². The summed E-state index contributed by atoms with van der Waals surface area (Å²) in [4.78, 5) is 23.3. The van der Waals surface area contributed by atoms with Gasteiger partial charge >= 0.3 is 5.97 Å². The van der Waals surface area contributed by atoms with Crippen molar-refractivity contribution in [2.75, 3.05) is 6.61 Å². The highest BCUT2D eigenvalue weighted by Gasteiger charge is 2.16.